The molecule has 1 aliphatic heterocycles. The van der Waals surface area contributed by atoms with Gasteiger partial charge in [-0.2, -0.15) is 0 Å². The van der Waals surface area contributed by atoms with E-state index in [1.54, 1.807) is 0 Å². The van der Waals surface area contributed by atoms with E-state index in [9.17, 15) is 4.79 Å². The highest BCUT2D eigenvalue weighted by Gasteiger charge is 2.31. The first-order chi connectivity index (χ1) is 17.2. The number of nitrogens with one attached hydrogen (secondary N) is 1. The molecule has 1 saturated heterocycles. The number of pyridine rings is 1. The van der Waals surface area contributed by atoms with Crippen LogP contribution in [-0.4, -0.2) is 49.3 Å². The van der Waals surface area contributed by atoms with Crippen molar-refractivity contribution in [3.8, 4) is 0 Å². The van der Waals surface area contributed by atoms with Crippen LogP contribution in [0.5, 0.6) is 0 Å². The Morgan fingerprint density at radius 2 is 2.00 bits per heavy atom. The maximum atomic E-state index is 13.5. The Balaban J connectivity index is 1.62. The van der Waals surface area contributed by atoms with E-state index in [4.69, 9.17) is 4.74 Å². The lowest BCUT2D eigenvalue weighted by Crippen LogP contribution is -2.35. The van der Waals surface area contributed by atoms with Gasteiger partial charge >= 0.3 is 0 Å². The minimum Gasteiger partial charge on any atom is -0.376 e. The number of hydrogen-bond donors (Lipinski definition) is 1. The molecule has 0 radical (unpaired) electrons. The summed E-state index contributed by atoms with van der Waals surface area (Å²) in [5, 5.41) is 13.8. The van der Waals surface area contributed by atoms with Gasteiger partial charge in [-0.15, -0.1) is 5.10 Å². The third kappa shape index (κ3) is 5.04. The van der Waals surface area contributed by atoms with E-state index in [1.165, 1.54) is 11.1 Å². The number of nitrogens with zero attached hydrogens (tertiary/aromatic N) is 5. The number of tetrazole rings is 1. The zero-order chi connectivity index (χ0) is 24.2. The maximum absolute atomic E-state index is 13.5. The van der Waals surface area contributed by atoms with Crippen LogP contribution in [-0.2, 0) is 24.2 Å². The van der Waals surface area contributed by atoms with Gasteiger partial charge in [0.25, 0.3) is 5.56 Å². The number of aromatic amines is 1. The lowest BCUT2D eigenvalue weighted by atomic mass is 10.0. The van der Waals surface area contributed by atoms with Gasteiger partial charge in [-0.1, -0.05) is 50.2 Å². The molecule has 8 heteroatoms. The second-order valence-corrected chi connectivity index (χ2v) is 9.13. The van der Waals surface area contributed by atoms with E-state index in [0.29, 0.717) is 24.5 Å². The Hall–Kier alpha value is -3.36. The van der Waals surface area contributed by atoms with Crippen LogP contribution in [0.3, 0.4) is 0 Å². The fraction of sp³-hybridized carbons (Fsp3) is 0.407. The van der Waals surface area contributed by atoms with Gasteiger partial charge in [0.05, 0.1) is 12.6 Å². The van der Waals surface area contributed by atoms with Gasteiger partial charge in [0.2, 0.25) is 0 Å². The molecule has 0 spiro atoms. The zero-order valence-electron chi connectivity index (χ0n) is 20.4. The summed E-state index contributed by atoms with van der Waals surface area (Å²) in [5.41, 5.74) is 3.76. The summed E-state index contributed by atoms with van der Waals surface area (Å²) in [6.45, 7) is 6.97. The number of ether oxygens (including phenoxy) is 1. The van der Waals surface area contributed by atoms with E-state index >= 15 is 0 Å². The summed E-state index contributed by atoms with van der Waals surface area (Å²) in [4.78, 5) is 18.8. The third-order valence-electron chi connectivity index (χ3n) is 6.84. The number of rotatable bonds is 9. The van der Waals surface area contributed by atoms with E-state index in [2.05, 4.69) is 63.5 Å². The van der Waals surface area contributed by atoms with Crippen LogP contribution >= 0.6 is 0 Å². The van der Waals surface area contributed by atoms with Crippen molar-refractivity contribution in [3.05, 3.63) is 87.5 Å². The SMILES string of the molecule is CCc1ccc2[nH]c(=O)c([C@@H](c3nnnn3C[C@@H]3CCCO3)N(CC)Cc3ccccc3)cc2c1. The van der Waals surface area contributed by atoms with Crippen molar-refractivity contribution in [1.82, 2.24) is 30.1 Å². The van der Waals surface area contributed by atoms with Gasteiger partial charge in [0.15, 0.2) is 5.82 Å². The van der Waals surface area contributed by atoms with E-state index in [1.807, 2.05) is 35.0 Å². The molecule has 1 N–H and O–H groups in total. The van der Waals surface area contributed by atoms with E-state index < -0.39 is 6.04 Å². The van der Waals surface area contributed by atoms with Crippen LogP contribution in [0.25, 0.3) is 10.9 Å². The molecule has 0 bridgehead atoms. The standard InChI is InChI=1S/C27H32N6O2/c1-3-19-12-13-24-21(15-19)16-23(27(34)28-24)25(32(4-2)17-20-9-6-5-7-10-20)26-29-30-31-33(26)18-22-11-8-14-35-22/h5-7,9-10,12-13,15-16,22,25H,3-4,8,11,14,17-18H2,1-2H3,(H,28,34)/t22-,25-/m0/s1. The Labute approximate surface area is 204 Å². The molecule has 1 aliphatic rings. The summed E-state index contributed by atoms with van der Waals surface area (Å²) >= 11 is 0. The van der Waals surface area contributed by atoms with Crippen molar-refractivity contribution >= 4 is 10.9 Å². The van der Waals surface area contributed by atoms with Gasteiger partial charge in [0, 0.05) is 24.2 Å². The van der Waals surface area contributed by atoms with Gasteiger partial charge in [-0.25, -0.2) is 4.68 Å². The molecule has 0 unspecified atom stereocenters. The normalized spacial score (nSPS) is 16.8. The quantitative estimate of drug-likeness (QED) is 0.398. The third-order valence-corrected chi connectivity index (χ3v) is 6.84. The molecule has 2 atom stereocenters. The number of hydrogen-bond acceptors (Lipinski definition) is 6. The number of aryl methyl sites for hydroxylation is 1. The second-order valence-electron chi connectivity index (χ2n) is 9.13. The number of benzene rings is 2. The molecule has 2 aromatic heterocycles. The molecule has 35 heavy (non-hydrogen) atoms. The molecule has 3 heterocycles. The number of H-pyrrole nitrogens is 1. The number of fused-ring (bicyclic) bond motifs is 1. The van der Waals surface area contributed by atoms with Crippen molar-refractivity contribution in [2.45, 2.75) is 58.3 Å². The Kier molecular flexibility index (Phi) is 7.01. The van der Waals surface area contributed by atoms with E-state index in [-0.39, 0.29) is 11.7 Å². The van der Waals surface area contributed by atoms with Crippen LogP contribution in [0.1, 0.15) is 55.2 Å². The Morgan fingerprint density at radius 1 is 1.14 bits per heavy atom. The van der Waals surface area contributed by atoms with Crippen molar-refractivity contribution in [2.75, 3.05) is 13.2 Å². The van der Waals surface area contributed by atoms with Gasteiger partial charge in [-0.3, -0.25) is 9.69 Å². The smallest absolute Gasteiger partial charge is 0.253 e. The molecule has 4 aromatic rings. The summed E-state index contributed by atoms with van der Waals surface area (Å²) < 4.78 is 7.68. The first kappa shape index (κ1) is 23.4. The molecule has 2 aromatic carbocycles. The minimum absolute atomic E-state index is 0.0871. The fourth-order valence-corrected chi connectivity index (χ4v) is 4.92. The topological polar surface area (TPSA) is 88.9 Å². The van der Waals surface area contributed by atoms with E-state index in [0.717, 1.165) is 43.3 Å². The molecule has 0 saturated carbocycles. The van der Waals surface area contributed by atoms with Crippen LogP contribution < -0.4 is 5.56 Å². The average molecular weight is 473 g/mol. The lowest BCUT2D eigenvalue weighted by molar-refractivity contribution is 0.0907. The predicted molar refractivity (Wildman–Crippen MR) is 135 cm³/mol. The highest BCUT2D eigenvalue weighted by atomic mass is 16.5. The minimum atomic E-state index is -0.407. The van der Waals surface area contributed by atoms with Gasteiger partial charge in [-0.05, 0) is 70.9 Å². The lowest BCUT2D eigenvalue weighted by Gasteiger charge is -2.30. The highest BCUT2D eigenvalue weighted by Crippen LogP contribution is 2.29. The second kappa shape index (κ2) is 10.5. The number of aromatic nitrogens is 5. The van der Waals surface area contributed by atoms with Crippen LogP contribution in [0, 0.1) is 0 Å². The molecule has 5 rings (SSSR count). The summed E-state index contributed by atoms with van der Waals surface area (Å²) in [5.74, 6) is 0.662. The van der Waals surface area contributed by atoms with Crippen LogP contribution in [0.4, 0.5) is 0 Å². The molecular formula is C27H32N6O2. The Bertz CT molecular complexity index is 1330. The zero-order valence-corrected chi connectivity index (χ0v) is 20.4. The average Bonchev–Trinajstić information content (AvgIpc) is 3.57. The largest absolute Gasteiger partial charge is 0.376 e. The van der Waals surface area contributed by atoms with Crippen LogP contribution in [0.2, 0.25) is 0 Å². The van der Waals surface area contributed by atoms with Crippen molar-refractivity contribution in [2.24, 2.45) is 0 Å². The van der Waals surface area contributed by atoms with Crippen LogP contribution in [0.15, 0.2) is 59.4 Å². The molecule has 0 aliphatic carbocycles. The summed E-state index contributed by atoms with van der Waals surface area (Å²) in [6, 6.07) is 18.1. The maximum Gasteiger partial charge on any atom is 0.253 e. The van der Waals surface area contributed by atoms with Crippen molar-refractivity contribution in [3.63, 3.8) is 0 Å². The first-order valence-corrected chi connectivity index (χ1v) is 12.5. The van der Waals surface area contributed by atoms with Crippen molar-refractivity contribution in [1.29, 1.82) is 0 Å². The molecule has 8 nitrogen and oxygen atoms in total. The molecule has 182 valence electrons. The monoisotopic (exact) mass is 472 g/mol. The first-order valence-electron chi connectivity index (χ1n) is 12.5. The molecular weight excluding hydrogens is 440 g/mol. The Morgan fingerprint density at radius 3 is 2.74 bits per heavy atom. The predicted octanol–water partition coefficient (Wildman–Crippen LogP) is 3.87. The highest BCUT2D eigenvalue weighted by molar-refractivity contribution is 5.80. The van der Waals surface area contributed by atoms with Gasteiger partial charge in [0.1, 0.15) is 6.04 Å². The fourth-order valence-electron chi connectivity index (χ4n) is 4.92. The van der Waals surface area contributed by atoms with Gasteiger partial charge < -0.3 is 9.72 Å². The molecule has 1 fully saturated rings. The summed E-state index contributed by atoms with van der Waals surface area (Å²) in [6.07, 6.45) is 3.05. The summed E-state index contributed by atoms with van der Waals surface area (Å²) in [7, 11) is 0. The molecule has 0 amide bonds. The van der Waals surface area contributed by atoms with Crippen molar-refractivity contribution < 1.29 is 4.74 Å².